The first-order valence-electron chi connectivity index (χ1n) is 12.3. The molecule has 1 N–H and O–H groups in total. The second-order valence-electron chi connectivity index (χ2n) is 8.98. The Kier molecular flexibility index (Phi) is 7.22. The van der Waals surface area contributed by atoms with Gasteiger partial charge in [0.25, 0.3) is 0 Å². The zero-order chi connectivity index (χ0) is 25.6. The molecule has 0 fully saturated rings. The number of hydrogen-bond acceptors (Lipinski definition) is 4. The van der Waals surface area contributed by atoms with Crippen LogP contribution in [-0.4, -0.2) is 19.1 Å². The van der Waals surface area contributed by atoms with Crippen molar-refractivity contribution in [2.24, 2.45) is 0 Å². The molecule has 1 heterocycles. The Labute approximate surface area is 217 Å². The fraction of sp³-hybridized carbons (Fsp3) is 0.156. The van der Waals surface area contributed by atoms with Crippen LogP contribution in [0.3, 0.4) is 0 Å². The van der Waals surface area contributed by atoms with Crippen LogP contribution < -0.4 is 19.5 Å². The molecule has 0 saturated heterocycles. The quantitative estimate of drug-likeness (QED) is 0.277. The monoisotopic (exact) mass is 491 g/mol. The number of nitrogens with one attached hydrogen (secondary N) is 1. The third kappa shape index (κ3) is 5.67. The van der Waals surface area contributed by atoms with E-state index in [2.05, 4.69) is 29.6 Å². The maximum Gasteiger partial charge on any atom is 0.248 e. The molecule has 5 rings (SSSR count). The van der Waals surface area contributed by atoms with Crippen molar-refractivity contribution in [3.63, 3.8) is 0 Å². The van der Waals surface area contributed by atoms with Crippen molar-refractivity contribution in [2.45, 2.75) is 25.6 Å². The van der Waals surface area contributed by atoms with Crippen molar-refractivity contribution in [1.82, 2.24) is 0 Å². The molecule has 0 radical (unpaired) electrons. The number of anilines is 1. The van der Waals surface area contributed by atoms with Crippen LogP contribution in [0, 0.1) is 0 Å². The molecule has 0 aromatic heterocycles. The van der Waals surface area contributed by atoms with E-state index in [9.17, 15) is 4.79 Å². The number of hydrogen-bond donors (Lipinski definition) is 1. The lowest BCUT2D eigenvalue weighted by atomic mass is 10.0. The number of rotatable bonds is 8. The minimum absolute atomic E-state index is 0.202. The molecule has 0 saturated carbocycles. The molecule has 0 bridgehead atoms. The summed E-state index contributed by atoms with van der Waals surface area (Å²) in [6.45, 7) is 1.92. The fourth-order valence-electron chi connectivity index (χ4n) is 4.45. The van der Waals surface area contributed by atoms with Crippen molar-refractivity contribution in [2.75, 3.05) is 12.4 Å². The molecule has 4 aromatic rings. The molecule has 1 atom stereocenters. The Hall–Kier alpha value is -4.51. The first-order valence-corrected chi connectivity index (χ1v) is 12.3. The van der Waals surface area contributed by atoms with Crippen LogP contribution in [0.2, 0.25) is 0 Å². The molecule has 1 unspecified atom stereocenters. The van der Waals surface area contributed by atoms with Crippen LogP contribution in [0.5, 0.6) is 17.2 Å². The Bertz CT molecular complexity index is 1340. The topological polar surface area (TPSA) is 56.8 Å². The predicted molar refractivity (Wildman–Crippen MR) is 145 cm³/mol. The Balaban J connectivity index is 1.33. The third-order valence-electron chi connectivity index (χ3n) is 6.40. The lowest BCUT2D eigenvalue weighted by Gasteiger charge is -2.22. The van der Waals surface area contributed by atoms with E-state index in [0.717, 1.165) is 33.8 Å². The van der Waals surface area contributed by atoms with Gasteiger partial charge in [0.2, 0.25) is 5.91 Å². The van der Waals surface area contributed by atoms with Gasteiger partial charge in [-0.15, -0.1) is 0 Å². The molecule has 0 spiro atoms. The highest BCUT2D eigenvalue weighted by Crippen LogP contribution is 2.42. The number of benzene rings is 4. The SMILES string of the molecule is COc1ccc(NC(=O)/C=C(\C)C2Cc3cccc(OC(c4ccccc4)c4ccccc4)c3O2)cc1. The van der Waals surface area contributed by atoms with E-state index in [1.807, 2.05) is 73.7 Å². The predicted octanol–water partition coefficient (Wildman–Crippen LogP) is 6.75. The summed E-state index contributed by atoms with van der Waals surface area (Å²) < 4.78 is 18.1. The smallest absolute Gasteiger partial charge is 0.248 e. The molecule has 1 aliphatic heterocycles. The van der Waals surface area contributed by atoms with Gasteiger partial charge in [0.1, 0.15) is 18.0 Å². The van der Waals surface area contributed by atoms with Crippen LogP contribution in [0.15, 0.2) is 115 Å². The summed E-state index contributed by atoms with van der Waals surface area (Å²) in [5.74, 6) is 1.95. The van der Waals surface area contributed by atoms with E-state index >= 15 is 0 Å². The minimum atomic E-state index is -0.275. The number of methoxy groups -OCH3 is 1. The number of amides is 1. The number of carbonyl (C=O) groups excluding carboxylic acids is 1. The van der Waals surface area contributed by atoms with Gasteiger partial charge in [-0.05, 0) is 54.0 Å². The zero-order valence-electron chi connectivity index (χ0n) is 20.9. The molecule has 4 aromatic carbocycles. The third-order valence-corrected chi connectivity index (χ3v) is 6.40. The number of fused-ring (bicyclic) bond motifs is 1. The van der Waals surface area contributed by atoms with Crippen LogP contribution in [0.25, 0.3) is 0 Å². The fourth-order valence-corrected chi connectivity index (χ4v) is 4.45. The number of ether oxygens (including phenoxy) is 3. The van der Waals surface area contributed by atoms with Crippen molar-refractivity contribution in [3.8, 4) is 17.2 Å². The van der Waals surface area contributed by atoms with Gasteiger partial charge in [-0.3, -0.25) is 4.79 Å². The lowest BCUT2D eigenvalue weighted by molar-refractivity contribution is -0.112. The number of carbonyl (C=O) groups is 1. The summed E-state index contributed by atoms with van der Waals surface area (Å²) >= 11 is 0. The maximum atomic E-state index is 12.6. The van der Waals surface area contributed by atoms with Gasteiger partial charge in [-0.25, -0.2) is 0 Å². The van der Waals surface area contributed by atoms with Crippen LogP contribution >= 0.6 is 0 Å². The van der Waals surface area contributed by atoms with E-state index in [1.165, 1.54) is 0 Å². The first kappa shape index (κ1) is 24.2. The van der Waals surface area contributed by atoms with Crippen LogP contribution in [0.1, 0.15) is 29.7 Å². The van der Waals surface area contributed by atoms with E-state index < -0.39 is 0 Å². The van der Waals surface area contributed by atoms with Crippen molar-refractivity contribution >= 4 is 11.6 Å². The standard InChI is InChI=1S/C32H29NO4/c1-22(20-30(34)33-26-16-18-27(35-2)19-17-26)29-21-25-14-9-15-28(32(25)37-29)36-31(23-10-5-3-6-11-23)24-12-7-4-8-13-24/h3-20,29,31H,21H2,1-2H3,(H,33,34)/b22-20+. The van der Waals surface area contributed by atoms with Gasteiger partial charge in [0, 0.05) is 23.7 Å². The summed E-state index contributed by atoms with van der Waals surface area (Å²) in [4.78, 5) is 12.6. The van der Waals surface area contributed by atoms with Gasteiger partial charge in [0.05, 0.1) is 7.11 Å². The normalized spacial score (nSPS) is 14.6. The molecule has 5 nitrogen and oxygen atoms in total. The van der Waals surface area contributed by atoms with Gasteiger partial charge in [-0.1, -0.05) is 72.8 Å². The van der Waals surface area contributed by atoms with E-state index in [4.69, 9.17) is 14.2 Å². The molecule has 186 valence electrons. The van der Waals surface area contributed by atoms with Gasteiger partial charge in [0.15, 0.2) is 11.5 Å². The highest BCUT2D eigenvalue weighted by Gasteiger charge is 2.29. The summed E-state index contributed by atoms with van der Waals surface area (Å²) in [7, 11) is 1.61. The lowest BCUT2D eigenvalue weighted by Crippen LogP contribution is -2.18. The Morgan fingerprint density at radius 2 is 1.54 bits per heavy atom. The van der Waals surface area contributed by atoms with Gasteiger partial charge in [-0.2, -0.15) is 0 Å². The van der Waals surface area contributed by atoms with Crippen molar-refractivity contribution in [1.29, 1.82) is 0 Å². The van der Waals surface area contributed by atoms with Crippen LogP contribution in [-0.2, 0) is 11.2 Å². The Morgan fingerprint density at radius 1 is 0.892 bits per heavy atom. The second kappa shape index (κ2) is 11.0. The second-order valence-corrected chi connectivity index (χ2v) is 8.98. The zero-order valence-corrected chi connectivity index (χ0v) is 20.9. The molecule has 37 heavy (non-hydrogen) atoms. The van der Waals surface area contributed by atoms with E-state index in [-0.39, 0.29) is 18.1 Å². The van der Waals surface area contributed by atoms with Crippen molar-refractivity contribution < 1.29 is 19.0 Å². The van der Waals surface area contributed by atoms with Crippen LogP contribution in [0.4, 0.5) is 5.69 Å². The average molecular weight is 492 g/mol. The van der Waals surface area contributed by atoms with Crippen molar-refractivity contribution in [3.05, 3.63) is 131 Å². The molecule has 5 heteroatoms. The molecular formula is C32H29NO4. The highest BCUT2D eigenvalue weighted by molar-refractivity contribution is 5.99. The molecule has 1 aliphatic rings. The maximum absolute atomic E-state index is 12.6. The van der Waals surface area contributed by atoms with Gasteiger partial charge >= 0.3 is 0 Å². The Morgan fingerprint density at radius 3 is 2.16 bits per heavy atom. The largest absolute Gasteiger partial charge is 0.497 e. The summed E-state index contributed by atoms with van der Waals surface area (Å²) in [6, 6.07) is 33.5. The summed E-state index contributed by atoms with van der Waals surface area (Å²) in [5.41, 5.74) is 4.73. The minimum Gasteiger partial charge on any atom is -0.497 e. The summed E-state index contributed by atoms with van der Waals surface area (Å²) in [6.07, 6.45) is 1.75. The molecule has 0 aliphatic carbocycles. The van der Waals surface area contributed by atoms with E-state index in [1.54, 1.807) is 25.3 Å². The number of para-hydroxylation sites is 1. The molecule has 1 amide bonds. The average Bonchev–Trinajstić information content (AvgIpc) is 3.39. The highest BCUT2D eigenvalue weighted by atomic mass is 16.5. The first-order chi connectivity index (χ1) is 18.1. The summed E-state index contributed by atoms with van der Waals surface area (Å²) in [5, 5.41) is 2.89. The molecular weight excluding hydrogens is 462 g/mol. The van der Waals surface area contributed by atoms with Gasteiger partial charge < -0.3 is 19.5 Å². The van der Waals surface area contributed by atoms with E-state index in [0.29, 0.717) is 17.9 Å².